The van der Waals surface area contributed by atoms with Crippen LogP contribution in [-0.2, 0) is 4.79 Å². The van der Waals surface area contributed by atoms with E-state index in [9.17, 15) is 4.79 Å². The maximum atomic E-state index is 12.2. The third-order valence-corrected chi connectivity index (χ3v) is 5.08. The molecule has 0 spiro atoms. The molecule has 1 aromatic heterocycles. The molecule has 2 aromatic rings. The minimum absolute atomic E-state index is 0.358. The molecule has 1 amide bonds. The van der Waals surface area contributed by atoms with Crippen molar-refractivity contribution in [3.8, 4) is 0 Å². The molecule has 0 atom stereocenters. The largest absolute Gasteiger partial charge is 0.358 e. The Labute approximate surface area is 125 Å². The number of para-hydroxylation sites is 1. The number of nitrogens with zero attached hydrogens (tertiary/aromatic N) is 1. The van der Waals surface area contributed by atoms with Crippen molar-refractivity contribution in [2.75, 3.05) is 13.1 Å². The zero-order valence-electron chi connectivity index (χ0n) is 12.6. The number of hydrogen-bond acceptors (Lipinski definition) is 1. The first kappa shape index (κ1) is 12.9. The number of aryl methyl sites for hydroxylation is 1. The number of aromatic amines is 1. The second kappa shape index (κ2) is 4.90. The molecule has 110 valence electrons. The van der Waals surface area contributed by atoms with Gasteiger partial charge in [-0.1, -0.05) is 18.2 Å². The second-order valence-corrected chi connectivity index (χ2v) is 6.58. The Morgan fingerprint density at radius 2 is 1.86 bits per heavy atom. The summed E-state index contributed by atoms with van der Waals surface area (Å²) in [6, 6.07) is 8.57. The third-order valence-electron chi connectivity index (χ3n) is 5.08. The number of nitrogens with one attached hydrogen (secondary N) is 1. The standard InChI is InChI=1S/C18H22N2O/c1-12-17(15-4-2-3-5-16(15)19-12)13-8-10-20(11-9-13)18(21)14-6-7-14/h2-5,13-14,19H,6-11H2,1H3. The van der Waals surface area contributed by atoms with Gasteiger partial charge in [0.05, 0.1) is 0 Å². The van der Waals surface area contributed by atoms with Crippen molar-refractivity contribution >= 4 is 16.8 Å². The van der Waals surface area contributed by atoms with Gasteiger partial charge in [0, 0.05) is 35.6 Å². The van der Waals surface area contributed by atoms with E-state index in [0.29, 0.717) is 17.7 Å². The fraction of sp³-hybridized carbons (Fsp3) is 0.500. The number of hydrogen-bond donors (Lipinski definition) is 1. The summed E-state index contributed by atoms with van der Waals surface area (Å²) in [5.74, 6) is 1.35. The van der Waals surface area contributed by atoms with E-state index in [2.05, 4.69) is 41.1 Å². The fourth-order valence-corrected chi connectivity index (χ4v) is 3.80. The van der Waals surface area contributed by atoms with E-state index in [-0.39, 0.29) is 0 Å². The Balaban J connectivity index is 1.54. The Hall–Kier alpha value is -1.77. The first-order valence-corrected chi connectivity index (χ1v) is 8.10. The molecule has 1 aliphatic heterocycles. The maximum Gasteiger partial charge on any atom is 0.225 e. The van der Waals surface area contributed by atoms with Gasteiger partial charge in [-0.05, 0) is 50.2 Å². The highest BCUT2D eigenvalue weighted by molar-refractivity contribution is 5.85. The van der Waals surface area contributed by atoms with E-state index in [1.54, 1.807) is 0 Å². The molecule has 4 rings (SSSR count). The lowest BCUT2D eigenvalue weighted by Crippen LogP contribution is -2.38. The van der Waals surface area contributed by atoms with Crippen molar-refractivity contribution in [3.63, 3.8) is 0 Å². The Morgan fingerprint density at radius 3 is 2.57 bits per heavy atom. The number of amides is 1. The number of H-pyrrole nitrogens is 1. The molecule has 3 heteroatoms. The van der Waals surface area contributed by atoms with Gasteiger partial charge in [0.15, 0.2) is 0 Å². The lowest BCUT2D eigenvalue weighted by Gasteiger charge is -2.32. The normalized spacial score (nSPS) is 20.1. The number of likely N-dealkylation sites (tertiary alicyclic amines) is 1. The topological polar surface area (TPSA) is 36.1 Å². The van der Waals surface area contributed by atoms with Crippen molar-refractivity contribution in [1.82, 2.24) is 9.88 Å². The smallest absolute Gasteiger partial charge is 0.225 e. The third kappa shape index (κ3) is 2.25. The zero-order valence-corrected chi connectivity index (χ0v) is 12.6. The minimum Gasteiger partial charge on any atom is -0.358 e. The van der Waals surface area contributed by atoms with Gasteiger partial charge in [0.25, 0.3) is 0 Å². The lowest BCUT2D eigenvalue weighted by atomic mass is 9.87. The molecular formula is C18H22N2O. The summed E-state index contributed by atoms with van der Waals surface area (Å²) in [7, 11) is 0. The van der Waals surface area contributed by atoms with Gasteiger partial charge in [-0.25, -0.2) is 0 Å². The van der Waals surface area contributed by atoms with Gasteiger partial charge >= 0.3 is 0 Å². The minimum atomic E-state index is 0.358. The molecule has 2 aliphatic rings. The van der Waals surface area contributed by atoms with E-state index in [0.717, 1.165) is 38.8 Å². The summed E-state index contributed by atoms with van der Waals surface area (Å²) in [5, 5.41) is 1.36. The molecule has 21 heavy (non-hydrogen) atoms. The average Bonchev–Trinajstić information content (AvgIpc) is 3.29. The Morgan fingerprint density at radius 1 is 1.14 bits per heavy atom. The second-order valence-electron chi connectivity index (χ2n) is 6.58. The number of benzene rings is 1. The van der Waals surface area contributed by atoms with Gasteiger partial charge < -0.3 is 9.88 Å². The van der Waals surface area contributed by atoms with Crippen LogP contribution in [0.3, 0.4) is 0 Å². The monoisotopic (exact) mass is 282 g/mol. The zero-order chi connectivity index (χ0) is 14.4. The summed E-state index contributed by atoms with van der Waals surface area (Å²) in [4.78, 5) is 17.8. The molecule has 0 bridgehead atoms. The highest BCUT2D eigenvalue weighted by Crippen LogP contribution is 2.37. The SMILES string of the molecule is Cc1[nH]c2ccccc2c1C1CCN(C(=O)C2CC2)CC1. The first-order chi connectivity index (χ1) is 10.2. The van der Waals surface area contributed by atoms with Crippen LogP contribution in [0.5, 0.6) is 0 Å². The summed E-state index contributed by atoms with van der Waals surface area (Å²) in [6.45, 7) is 4.04. The van der Waals surface area contributed by atoms with Crippen LogP contribution in [0, 0.1) is 12.8 Å². The van der Waals surface area contributed by atoms with E-state index in [1.807, 2.05) is 0 Å². The summed E-state index contributed by atoms with van der Waals surface area (Å²) >= 11 is 0. The van der Waals surface area contributed by atoms with E-state index < -0.39 is 0 Å². The molecule has 1 aliphatic carbocycles. The van der Waals surface area contributed by atoms with Crippen LogP contribution in [0.4, 0.5) is 0 Å². The summed E-state index contributed by atoms with van der Waals surface area (Å²) in [6.07, 6.45) is 4.42. The van der Waals surface area contributed by atoms with E-state index in [1.165, 1.54) is 22.2 Å². The highest BCUT2D eigenvalue weighted by Gasteiger charge is 2.35. The predicted molar refractivity (Wildman–Crippen MR) is 84.3 cm³/mol. The van der Waals surface area contributed by atoms with Crippen LogP contribution in [0.2, 0.25) is 0 Å². The highest BCUT2D eigenvalue weighted by atomic mass is 16.2. The summed E-state index contributed by atoms with van der Waals surface area (Å²) < 4.78 is 0. The predicted octanol–water partition coefficient (Wildman–Crippen LogP) is 3.59. The van der Waals surface area contributed by atoms with Crippen LogP contribution in [0.15, 0.2) is 24.3 Å². The summed E-state index contributed by atoms with van der Waals surface area (Å²) in [5.41, 5.74) is 4.01. The van der Waals surface area contributed by atoms with E-state index in [4.69, 9.17) is 0 Å². The van der Waals surface area contributed by atoms with Crippen molar-refractivity contribution < 1.29 is 4.79 Å². The molecule has 1 saturated carbocycles. The number of aromatic nitrogens is 1. The Bertz CT molecular complexity index is 676. The molecule has 0 unspecified atom stereocenters. The number of rotatable bonds is 2. The van der Waals surface area contributed by atoms with Gasteiger partial charge in [0.1, 0.15) is 0 Å². The van der Waals surface area contributed by atoms with Crippen LogP contribution in [-0.4, -0.2) is 28.9 Å². The van der Waals surface area contributed by atoms with Crippen molar-refractivity contribution in [3.05, 3.63) is 35.5 Å². The first-order valence-electron chi connectivity index (χ1n) is 8.10. The van der Waals surface area contributed by atoms with Crippen molar-refractivity contribution in [2.24, 2.45) is 5.92 Å². The van der Waals surface area contributed by atoms with Gasteiger partial charge in [0.2, 0.25) is 5.91 Å². The van der Waals surface area contributed by atoms with Crippen LogP contribution in [0.25, 0.3) is 10.9 Å². The maximum absolute atomic E-state index is 12.2. The molecule has 1 saturated heterocycles. The van der Waals surface area contributed by atoms with Crippen molar-refractivity contribution in [1.29, 1.82) is 0 Å². The van der Waals surface area contributed by atoms with Gasteiger partial charge in [-0.2, -0.15) is 0 Å². The number of carbonyl (C=O) groups excluding carboxylic acids is 1. The molecule has 1 aromatic carbocycles. The van der Waals surface area contributed by atoms with Crippen LogP contribution in [0.1, 0.15) is 42.9 Å². The molecular weight excluding hydrogens is 260 g/mol. The van der Waals surface area contributed by atoms with E-state index >= 15 is 0 Å². The van der Waals surface area contributed by atoms with Crippen molar-refractivity contribution in [2.45, 2.75) is 38.5 Å². The molecule has 3 nitrogen and oxygen atoms in total. The average molecular weight is 282 g/mol. The molecule has 1 N–H and O–H groups in total. The lowest BCUT2D eigenvalue weighted by molar-refractivity contribution is -0.133. The Kier molecular flexibility index (Phi) is 3.02. The fourth-order valence-electron chi connectivity index (χ4n) is 3.80. The molecule has 0 radical (unpaired) electrons. The molecule has 2 fully saturated rings. The molecule has 2 heterocycles. The quantitative estimate of drug-likeness (QED) is 0.897. The number of carbonyl (C=O) groups is 1. The number of piperidine rings is 1. The number of fused-ring (bicyclic) bond motifs is 1. The van der Waals surface area contributed by atoms with Gasteiger partial charge in [-0.3, -0.25) is 4.79 Å². The van der Waals surface area contributed by atoms with Crippen LogP contribution >= 0.6 is 0 Å². The van der Waals surface area contributed by atoms with Gasteiger partial charge in [-0.15, -0.1) is 0 Å². The van der Waals surface area contributed by atoms with Crippen LogP contribution < -0.4 is 0 Å².